The molecule has 1 aliphatic rings. The zero-order valence-electron chi connectivity index (χ0n) is 17.4. The molecule has 0 bridgehead atoms. The normalized spacial score (nSPS) is 20.0. The summed E-state index contributed by atoms with van der Waals surface area (Å²) in [5.41, 5.74) is 0.703. The van der Waals surface area contributed by atoms with Crippen molar-refractivity contribution in [1.29, 1.82) is 0 Å². The second-order valence-electron chi connectivity index (χ2n) is 7.56. The number of aliphatic imine (C=N–C) groups is 1. The number of carbonyl (C=O) groups is 1. The fourth-order valence-electron chi connectivity index (χ4n) is 3.45. The van der Waals surface area contributed by atoms with Crippen molar-refractivity contribution in [2.75, 3.05) is 13.7 Å². The van der Waals surface area contributed by atoms with Crippen molar-refractivity contribution in [3.8, 4) is 11.5 Å². The van der Waals surface area contributed by atoms with E-state index in [4.69, 9.17) is 4.74 Å². The number of hydrogen-bond donors (Lipinski definition) is 4. The molecule has 4 N–H and O–H groups in total. The lowest BCUT2D eigenvalue weighted by Crippen LogP contribution is -2.47. The van der Waals surface area contributed by atoms with Crippen molar-refractivity contribution in [3.05, 3.63) is 23.8 Å². The average molecular weight is 391 g/mol. The van der Waals surface area contributed by atoms with E-state index in [9.17, 15) is 9.90 Å². The maximum atomic E-state index is 12.3. The van der Waals surface area contributed by atoms with Gasteiger partial charge in [0.05, 0.1) is 13.7 Å². The third-order valence-corrected chi connectivity index (χ3v) is 4.86. The summed E-state index contributed by atoms with van der Waals surface area (Å²) in [7, 11) is 1.60. The maximum absolute atomic E-state index is 12.3. The lowest BCUT2D eigenvalue weighted by molar-refractivity contribution is -0.126. The SMILES string of the molecule is CCNC(=NCc1cc(OC)ccc1O)NC1CCCC(C(=O)NC(C)C)C1. The molecule has 0 aliphatic heterocycles. The van der Waals surface area contributed by atoms with E-state index in [0.717, 1.165) is 32.2 Å². The molecule has 156 valence electrons. The summed E-state index contributed by atoms with van der Waals surface area (Å²) >= 11 is 0. The first-order valence-corrected chi connectivity index (χ1v) is 10.1. The molecule has 28 heavy (non-hydrogen) atoms. The molecule has 2 rings (SSSR count). The smallest absolute Gasteiger partial charge is 0.223 e. The summed E-state index contributed by atoms with van der Waals surface area (Å²) < 4.78 is 5.22. The van der Waals surface area contributed by atoms with Gasteiger partial charge in [-0.15, -0.1) is 0 Å². The third-order valence-electron chi connectivity index (χ3n) is 4.86. The second kappa shape index (κ2) is 10.8. The largest absolute Gasteiger partial charge is 0.508 e. The van der Waals surface area contributed by atoms with Crippen LogP contribution in [0.1, 0.15) is 52.0 Å². The van der Waals surface area contributed by atoms with Gasteiger partial charge in [0.25, 0.3) is 0 Å². The fourth-order valence-corrected chi connectivity index (χ4v) is 3.45. The van der Waals surface area contributed by atoms with Gasteiger partial charge in [-0.2, -0.15) is 0 Å². The Labute approximate surface area is 168 Å². The fraction of sp³-hybridized carbons (Fsp3) is 0.619. The molecule has 1 aromatic rings. The number of phenolic OH excluding ortho intramolecular Hbond substituents is 1. The number of methoxy groups -OCH3 is 1. The van der Waals surface area contributed by atoms with Crippen LogP contribution in [0, 0.1) is 5.92 Å². The minimum absolute atomic E-state index is 0.0407. The first-order valence-electron chi connectivity index (χ1n) is 10.1. The van der Waals surface area contributed by atoms with Crippen LogP contribution in [0.5, 0.6) is 11.5 Å². The maximum Gasteiger partial charge on any atom is 0.223 e. The van der Waals surface area contributed by atoms with E-state index in [1.807, 2.05) is 20.8 Å². The number of nitrogens with one attached hydrogen (secondary N) is 3. The molecule has 2 unspecified atom stereocenters. The third kappa shape index (κ3) is 6.62. The zero-order valence-corrected chi connectivity index (χ0v) is 17.4. The highest BCUT2D eigenvalue weighted by molar-refractivity contribution is 5.81. The Hall–Kier alpha value is -2.44. The van der Waals surface area contributed by atoms with E-state index < -0.39 is 0 Å². The predicted molar refractivity (Wildman–Crippen MR) is 112 cm³/mol. The molecule has 1 aromatic carbocycles. The lowest BCUT2D eigenvalue weighted by atomic mass is 9.85. The summed E-state index contributed by atoms with van der Waals surface area (Å²) in [6, 6.07) is 5.48. The van der Waals surface area contributed by atoms with E-state index in [2.05, 4.69) is 20.9 Å². The summed E-state index contributed by atoms with van der Waals surface area (Å²) in [5, 5.41) is 19.8. The molecule has 0 spiro atoms. The van der Waals surface area contributed by atoms with Crippen LogP contribution in [0.3, 0.4) is 0 Å². The summed E-state index contributed by atoms with van der Waals surface area (Å²) in [6.45, 7) is 7.06. The van der Waals surface area contributed by atoms with Crippen molar-refractivity contribution >= 4 is 11.9 Å². The number of benzene rings is 1. The van der Waals surface area contributed by atoms with Gasteiger partial charge in [-0.3, -0.25) is 4.79 Å². The van der Waals surface area contributed by atoms with E-state index in [0.29, 0.717) is 23.8 Å². The predicted octanol–water partition coefficient (Wildman–Crippen LogP) is 2.54. The number of guanidine groups is 1. The van der Waals surface area contributed by atoms with E-state index in [1.165, 1.54) is 0 Å². The van der Waals surface area contributed by atoms with Crippen LogP contribution >= 0.6 is 0 Å². The van der Waals surface area contributed by atoms with Gasteiger partial charge >= 0.3 is 0 Å². The molecule has 0 heterocycles. The molecular weight excluding hydrogens is 356 g/mol. The van der Waals surface area contributed by atoms with Crippen molar-refractivity contribution < 1.29 is 14.6 Å². The molecule has 1 amide bonds. The lowest BCUT2D eigenvalue weighted by Gasteiger charge is -2.30. The Balaban J connectivity index is 2.01. The minimum Gasteiger partial charge on any atom is -0.508 e. The van der Waals surface area contributed by atoms with Crippen LogP contribution in [0.25, 0.3) is 0 Å². The number of phenols is 1. The second-order valence-corrected chi connectivity index (χ2v) is 7.56. The number of aromatic hydroxyl groups is 1. The molecule has 2 atom stereocenters. The highest BCUT2D eigenvalue weighted by atomic mass is 16.5. The Kier molecular flexibility index (Phi) is 8.42. The quantitative estimate of drug-likeness (QED) is 0.424. The van der Waals surface area contributed by atoms with Gasteiger partial charge in [0.15, 0.2) is 5.96 Å². The van der Waals surface area contributed by atoms with Gasteiger partial charge in [-0.05, 0) is 58.2 Å². The molecule has 0 aromatic heterocycles. The van der Waals surface area contributed by atoms with E-state index >= 15 is 0 Å². The number of carbonyl (C=O) groups excluding carboxylic acids is 1. The molecule has 0 saturated heterocycles. The average Bonchev–Trinajstić information content (AvgIpc) is 2.67. The number of nitrogens with zero attached hydrogens (tertiary/aromatic N) is 1. The van der Waals surface area contributed by atoms with Gasteiger partial charge in [0, 0.05) is 30.1 Å². The monoisotopic (exact) mass is 390 g/mol. The van der Waals surface area contributed by atoms with Gasteiger partial charge < -0.3 is 25.8 Å². The van der Waals surface area contributed by atoms with Crippen molar-refractivity contribution in [1.82, 2.24) is 16.0 Å². The van der Waals surface area contributed by atoms with Crippen LogP contribution in [0.2, 0.25) is 0 Å². The van der Waals surface area contributed by atoms with Gasteiger partial charge in [0.1, 0.15) is 11.5 Å². The Bertz CT molecular complexity index is 676. The molecule has 7 heteroatoms. The topological polar surface area (TPSA) is 95.0 Å². The number of ether oxygens (including phenoxy) is 1. The highest BCUT2D eigenvalue weighted by Crippen LogP contribution is 2.25. The standard InChI is InChI=1S/C21H34N4O3/c1-5-22-21(23-13-16-12-18(28-4)9-10-19(16)26)25-17-8-6-7-15(11-17)20(27)24-14(2)3/h9-10,12,14-15,17,26H,5-8,11,13H2,1-4H3,(H,24,27)(H2,22,23,25). The summed E-state index contributed by atoms with van der Waals surface area (Å²) in [6.07, 6.45) is 3.76. The Morgan fingerprint density at radius 3 is 2.82 bits per heavy atom. The number of hydrogen-bond acceptors (Lipinski definition) is 4. The molecular formula is C21H34N4O3. The first-order chi connectivity index (χ1) is 13.4. The Morgan fingerprint density at radius 2 is 2.14 bits per heavy atom. The van der Waals surface area contributed by atoms with E-state index in [1.54, 1.807) is 25.3 Å². The molecule has 7 nitrogen and oxygen atoms in total. The zero-order chi connectivity index (χ0) is 20.5. The van der Waals surface area contributed by atoms with Crippen molar-refractivity contribution in [3.63, 3.8) is 0 Å². The summed E-state index contributed by atoms with van der Waals surface area (Å²) in [4.78, 5) is 17.0. The number of amides is 1. The van der Waals surface area contributed by atoms with Gasteiger partial charge in [-0.25, -0.2) is 4.99 Å². The van der Waals surface area contributed by atoms with Gasteiger partial charge in [0.2, 0.25) is 5.91 Å². The number of rotatable bonds is 7. The summed E-state index contributed by atoms with van der Waals surface area (Å²) in [5.74, 6) is 1.76. The van der Waals surface area contributed by atoms with Crippen LogP contribution in [-0.4, -0.2) is 42.7 Å². The first kappa shape index (κ1) is 21.9. The molecule has 0 radical (unpaired) electrons. The van der Waals surface area contributed by atoms with Crippen molar-refractivity contribution in [2.24, 2.45) is 10.9 Å². The van der Waals surface area contributed by atoms with Crippen LogP contribution in [0.15, 0.2) is 23.2 Å². The van der Waals surface area contributed by atoms with Crippen LogP contribution in [0.4, 0.5) is 0 Å². The van der Waals surface area contributed by atoms with Crippen molar-refractivity contribution in [2.45, 2.75) is 65.1 Å². The van der Waals surface area contributed by atoms with Crippen LogP contribution in [-0.2, 0) is 11.3 Å². The molecule has 1 saturated carbocycles. The van der Waals surface area contributed by atoms with E-state index in [-0.39, 0.29) is 29.7 Å². The minimum atomic E-state index is 0.0407. The molecule has 1 aliphatic carbocycles. The Morgan fingerprint density at radius 1 is 1.36 bits per heavy atom. The van der Waals surface area contributed by atoms with Gasteiger partial charge in [-0.1, -0.05) is 6.42 Å². The van der Waals surface area contributed by atoms with Crippen LogP contribution < -0.4 is 20.7 Å². The highest BCUT2D eigenvalue weighted by Gasteiger charge is 2.28. The molecule has 1 fully saturated rings.